The molecule has 1 rings (SSSR count). The number of carbonyl (C=O) groups excluding carboxylic acids is 1. The van der Waals surface area contributed by atoms with Gasteiger partial charge in [-0.3, -0.25) is 0 Å². The number of halogens is 2. The molecule has 1 aromatic rings. The lowest BCUT2D eigenvalue weighted by molar-refractivity contribution is 0.0592. The number of ether oxygens (including phenoxy) is 1. The molecule has 0 amide bonds. The summed E-state index contributed by atoms with van der Waals surface area (Å²) in [6, 6.07) is 1.38. The smallest absolute Gasteiger partial charge is 0.356 e. The normalized spacial score (nSPS) is 9.58. The number of rotatable bonds is 1. The highest BCUT2D eigenvalue weighted by Gasteiger charge is 2.09. The van der Waals surface area contributed by atoms with Crippen molar-refractivity contribution >= 4 is 5.97 Å². The zero-order chi connectivity index (χ0) is 9.14. The van der Waals surface area contributed by atoms with Gasteiger partial charge in [-0.25, -0.2) is 14.2 Å². The summed E-state index contributed by atoms with van der Waals surface area (Å²) in [5.41, 5.74) is -0.380. The molecule has 0 aliphatic carbocycles. The van der Waals surface area contributed by atoms with Gasteiger partial charge in [0.1, 0.15) is 5.82 Å². The van der Waals surface area contributed by atoms with E-state index >= 15 is 0 Å². The second-order valence-corrected chi connectivity index (χ2v) is 1.98. The maximum atomic E-state index is 12.4. The van der Waals surface area contributed by atoms with Gasteiger partial charge in [-0.05, 0) is 0 Å². The standard InChI is InChI=1S/C7H5F2NO2/c1-12-7(11)5-2-4(8)3-6(9)10-5/h2-3H,1H3. The molecule has 0 saturated carbocycles. The molecule has 0 fully saturated rings. The summed E-state index contributed by atoms with van der Waals surface area (Å²) in [6.45, 7) is 0. The summed E-state index contributed by atoms with van der Waals surface area (Å²) >= 11 is 0. The van der Waals surface area contributed by atoms with Crippen molar-refractivity contribution in [1.29, 1.82) is 0 Å². The molecule has 3 nitrogen and oxygen atoms in total. The van der Waals surface area contributed by atoms with Gasteiger partial charge in [-0.2, -0.15) is 4.39 Å². The van der Waals surface area contributed by atoms with Crippen molar-refractivity contribution in [2.45, 2.75) is 0 Å². The van der Waals surface area contributed by atoms with E-state index in [4.69, 9.17) is 0 Å². The number of methoxy groups -OCH3 is 1. The van der Waals surface area contributed by atoms with Gasteiger partial charge in [0.2, 0.25) is 5.95 Å². The quantitative estimate of drug-likeness (QED) is 0.472. The van der Waals surface area contributed by atoms with Crippen LogP contribution in [0.3, 0.4) is 0 Å². The largest absolute Gasteiger partial charge is 0.464 e. The highest BCUT2D eigenvalue weighted by atomic mass is 19.1. The minimum absolute atomic E-state index is 0.380. The van der Waals surface area contributed by atoms with Crippen LogP contribution in [-0.4, -0.2) is 18.1 Å². The van der Waals surface area contributed by atoms with Crippen LogP contribution in [0.25, 0.3) is 0 Å². The SMILES string of the molecule is COC(=O)c1cc(F)cc(F)n1. The van der Waals surface area contributed by atoms with Gasteiger partial charge in [-0.1, -0.05) is 0 Å². The lowest BCUT2D eigenvalue weighted by Crippen LogP contribution is -2.05. The molecule has 1 aromatic heterocycles. The Bertz CT molecular complexity index is 294. The Balaban J connectivity index is 3.08. The van der Waals surface area contributed by atoms with Crippen molar-refractivity contribution in [1.82, 2.24) is 4.98 Å². The molecule has 0 saturated heterocycles. The molecule has 0 aliphatic heterocycles. The fraction of sp³-hybridized carbons (Fsp3) is 0.143. The lowest BCUT2D eigenvalue weighted by Gasteiger charge is -1.97. The first kappa shape index (κ1) is 8.58. The summed E-state index contributed by atoms with van der Waals surface area (Å²) in [4.78, 5) is 13.8. The van der Waals surface area contributed by atoms with E-state index in [2.05, 4.69) is 9.72 Å². The summed E-state index contributed by atoms with van der Waals surface area (Å²) in [6.07, 6.45) is 0. The number of nitrogens with zero attached hydrogens (tertiary/aromatic N) is 1. The first-order valence-corrected chi connectivity index (χ1v) is 3.05. The van der Waals surface area contributed by atoms with Crippen LogP contribution < -0.4 is 0 Å². The topological polar surface area (TPSA) is 39.2 Å². The average molecular weight is 173 g/mol. The number of carbonyl (C=O) groups is 1. The first-order valence-electron chi connectivity index (χ1n) is 3.05. The summed E-state index contributed by atoms with van der Waals surface area (Å²) in [7, 11) is 1.10. The molecule has 0 spiro atoms. The van der Waals surface area contributed by atoms with Crippen molar-refractivity contribution in [3.05, 3.63) is 29.6 Å². The molecule has 1 heterocycles. The van der Waals surface area contributed by atoms with Gasteiger partial charge < -0.3 is 4.74 Å². The van der Waals surface area contributed by atoms with E-state index in [0.29, 0.717) is 6.07 Å². The minimum Gasteiger partial charge on any atom is -0.464 e. The Morgan fingerprint density at radius 1 is 1.50 bits per heavy atom. The van der Waals surface area contributed by atoms with Gasteiger partial charge in [0.05, 0.1) is 7.11 Å². The molecule has 0 aliphatic rings. The molecule has 0 aromatic carbocycles. The maximum Gasteiger partial charge on any atom is 0.356 e. The Labute approximate surface area is 67.0 Å². The Morgan fingerprint density at radius 3 is 2.67 bits per heavy atom. The summed E-state index contributed by atoms with van der Waals surface area (Å²) < 4.78 is 29.0. The van der Waals surface area contributed by atoms with Crippen LogP contribution >= 0.6 is 0 Å². The van der Waals surface area contributed by atoms with Crippen molar-refractivity contribution < 1.29 is 18.3 Å². The van der Waals surface area contributed by atoms with Crippen molar-refractivity contribution in [3.8, 4) is 0 Å². The lowest BCUT2D eigenvalue weighted by atomic mass is 10.3. The van der Waals surface area contributed by atoms with Gasteiger partial charge in [0.15, 0.2) is 5.69 Å². The van der Waals surface area contributed by atoms with E-state index in [0.717, 1.165) is 13.2 Å². The number of esters is 1. The third-order valence-corrected chi connectivity index (χ3v) is 1.15. The van der Waals surface area contributed by atoms with Gasteiger partial charge >= 0.3 is 5.97 Å². The second kappa shape index (κ2) is 3.25. The van der Waals surface area contributed by atoms with Crippen LogP contribution in [0.5, 0.6) is 0 Å². The fourth-order valence-electron chi connectivity index (χ4n) is 0.675. The molecule has 12 heavy (non-hydrogen) atoms. The molecule has 0 N–H and O–H groups in total. The molecule has 0 radical (unpaired) electrons. The monoisotopic (exact) mass is 173 g/mol. The van der Waals surface area contributed by atoms with Crippen LogP contribution in [-0.2, 0) is 4.74 Å². The number of pyridine rings is 1. The molecular formula is C7H5F2NO2. The van der Waals surface area contributed by atoms with Crippen LogP contribution in [0.15, 0.2) is 12.1 Å². The number of hydrogen-bond donors (Lipinski definition) is 0. The van der Waals surface area contributed by atoms with Crippen LogP contribution in [0, 0.1) is 11.8 Å². The van der Waals surface area contributed by atoms with Crippen LogP contribution in [0.1, 0.15) is 10.5 Å². The average Bonchev–Trinajstić information content (AvgIpc) is 2.01. The predicted molar refractivity (Wildman–Crippen MR) is 35.5 cm³/mol. The van der Waals surface area contributed by atoms with Crippen molar-refractivity contribution in [2.75, 3.05) is 7.11 Å². The molecule has 0 bridgehead atoms. The number of aromatic nitrogens is 1. The van der Waals surface area contributed by atoms with E-state index in [1.807, 2.05) is 0 Å². The zero-order valence-electron chi connectivity index (χ0n) is 6.17. The second-order valence-electron chi connectivity index (χ2n) is 1.98. The van der Waals surface area contributed by atoms with Gasteiger partial charge in [0, 0.05) is 12.1 Å². The van der Waals surface area contributed by atoms with Crippen LogP contribution in [0.4, 0.5) is 8.78 Å². The van der Waals surface area contributed by atoms with Gasteiger partial charge in [0.25, 0.3) is 0 Å². The summed E-state index contributed by atoms with van der Waals surface area (Å²) in [5, 5.41) is 0. The van der Waals surface area contributed by atoms with E-state index in [1.165, 1.54) is 0 Å². The van der Waals surface area contributed by atoms with Crippen molar-refractivity contribution in [3.63, 3.8) is 0 Å². The zero-order valence-corrected chi connectivity index (χ0v) is 6.17. The van der Waals surface area contributed by atoms with E-state index < -0.39 is 17.7 Å². The third-order valence-electron chi connectivity index (χ3n) is 1.15. The van der Waals surface area contributed by atoms with Gasteiger partial charge in [-0.15, -0.1) is 0 Å². The molecule has 0 unspecified atom stereocenters. The Kier molecular flexibility index (Phi) is 2.32. The minimum atomic E-state index is -1.05. The summed E-state index contributed by atoms with van der Waals surface area (Å²) in [5.74, 6) is -2.77. The Hall–Kier alpha value is -1.52. The number of hydrogen-bond acceptors (Lipinski definition) is 3. The predicted octanol–water partition coefficient (Wildman–Crippen LogP) is 1.15. The third kappa shape index (κ3) is 1.75. The molecular weight excluding hydrogens is 168 g/mol. The van der Waals surface area contributed by atoms with E-state index in [9.17, 15) is 13.6 Å². The highest BCUT2D eigenvalue weighted by Crippen LogP contribution is 2.04. The van der Waals surface area contributed by atoms with Crippen molar-refractivity contribution in [2.24, 2.45) is 0 Å². The maximum absolute atomic E-state index is 12.4. The Morgan fingerprint density at radius 2 is 2.17 bits per heavy atom. The van der Waals surface area contributed by atoms with Crippen LogP contribution in [0.2, 0.25) is 0 Å². The van der Waals surface area contributed by atoms with E-state index in [-0.39, 0.29) is 5.69 Å². The first-order chi connectivity index (χ1) is 5.63. The highest BCUT2D eigenvalue weighted by molar-refractivity contribution is 5.86. The molecule has 0 atom stereocenters. The van der Waals surface area contributed by atoms with E-state index in [1.54, 1.807) is 0 Å². The fourth-order valence-corrected chi connectivity index (χ4v) is 0.675. The molecule has 64 valence electrons. The molecule has 5 heteroatoms.